The van der Waals surface area contributed by atoms with Gasteiger partial charge in [-0.25, -0.2) is 13.8 Å². The van der Waals surface area contributed by atoms with Crippen LogP contribution in [0.4, 0.5) is 27.6 Å². The Kier molecular flexibility index (Phi) is 7.06. The Balaban J connectivity index is 1.50. The molecule has 204 valence electrons. The molecule has 39 heavy (non-hydrogen) atoms. The number of fused-ring (bicyclic) bond motifs is 1. The number of nitrogens with two attached hydrogens (primary N) is 1. The number of hydrogen-bond acceptors (Lipinski definition) is 5. The summed E-state index contributed by atoms with van der Waals surface area (Å²) >= 11 is 6.75. The molecule has 0 radical (unpaired) electrons. The van der Waals surface area contributed by atoms with E-state index in [1.807, 2.05) is 0 Å². The van der Waals surface area contributed by atoms with Gasteiger partial charge in [0.1, 0.15) is 15.4 Å². The number of anilines is 1. The minimum atomic E-state index is -4.75. The van der Waals surface area contributed by atoms with Gasteiger partial charge in [0.25, 0.3) is 12.3 Å². The van der Waals surface area contributed by atoms with Crippen LogP contribution in [-0.4, -0.2) is 26.6 Å². The van der Waals surface area contributed by atoms with Crippen LogP contribution < -0.4 is 11.1 Å². The number of aryl methyl sites for hydroxylation is 1. The number of aromatic nitrogens is 3. The molecule has 5 rings (SSSR count). The molecule has 1 fully saturated rings. The third-order valence-corrected chi connectivity index (χ3v) is 7.66. The summed E-state index contributed by atoms with van der Waals surface area (Å²) in [5.74, 6) is -1.73. The zero-order valence-corrected chi connectivity index (χ0v) is 21.4. The van der Waals surface area contributed by atoms with E-state index in [9.17, 15) is 31.5 Å². The summed E-state index contributed by atoms with van der Waals surface area (Å²) in [5.41, 5.74) is 4.88. The highest BCUT2D eigenvalue weighted by Gasteiger charge is 2.42. The first kappa shape index (κ1) is 27.0. The molecule has 1 aliphatic carbocycles. The van der Waals surface area contributed by atoms with Gasteiger partial charge in [0, 0.05) is 17.7 Å². The number of amides is 2. The molecular formula is C25H19ClF5N5O2S. The zero-order valence-electron chi connectivity index (χ0n) is 19.9. The second-order valence-corrected chi connectivity index (χ2v) is 10.3. The quantitative estimate of drug-likeness (QED) is 0.223. The van der Waals surface area contributed by atoms with Crippen molar-refractivity contribution in [2.45, 2.75) is 44.3 Å². The first-order chi connectivity index (χ1) is 18.5. The van der Waals surface area contributed by atoms with Gasteiger partial charge in [-0.1, -0.05) is 41.9 Å². The third-order valence-electron chi connectivity index (χ3n) is 6.19. The summed E-state index contributed by atoms with van der Waals surface area (Å²) < 4.78 is 68.4. The maximum absolute atomic E-state index is 13.6. The van der Waals surface area contributed by atoms with Crippen molar-refractivity contribution in [1.82, 2.24) is 14.8 Å². The van der Waals surface area contributed by atoms with Crippen molar-refractivity contribution in [3.63, 3.8) is 0 Å². The minimum absolute atomic E-state index is 0.00318. The molecule has 3 heterocycles. The van der Waals surface area contributed by atoms with Crippen LogP contribution in [-0.2, 0) is 17.5 Å². The van der Waals surface area contributed by atoms with E-state index in [1.165, 1.54) is 6.07 Å². The molecule has 0 spiro atoms. The Morgan fingerprint density at radius 1 is 1.21 bits per heavy atom. The number of thiophene rings is 1. The van der Waals surface area contributed by atoms with Crippen LogP contribution in [0.2, 0.25) is 5.02 Å². The number of halogens is 6. The number of pyridine rings is 1. The van der Waals surface area contributed by atoms with E-state index in [2.05, 4.69) is 15.4 Å². The second-order valence-electron chi connectivity index (χ2n) is 8.95. The lowest BCUT2D eigenvalue weighted by atomic mass is 10.0. The third kappa shape index (κ3) is 5.33. The number of hydrogen-bond donors (Lipinski definition) is 2. The van der Waals surface area contributed by atoms with E-state index in [-0.39, 0.29) is 45.4 Å². The molecule has 14 heteroatoms. The molecule has 0 saturated heterocycles. The molecular weight excluding hydrogens is 565 g/mol. The summed E-state index contributed by atoms with van der Waals surface area (Å²) in [6, 6.07) is 9.67. The fourth-order valence-corrected chi connectivity index (χ4v) is 5.74. The Morgan fingerprint density at radius 2 is 1.90 bits per heavy atom. The van der Waals surface area contributed by atoms with Crippen LogP contribution in [0.5, 0.6) is 0 Å². The van der Waals surface area contributed by atoms with E-state index in [4.69, 9.17) is 17.3 Å². The fraction of sp³-hybridized carbons (Fsp3) is 0.280. The lowest BCUT2D eigenvalue weighted by molar-refractivity contribution is -0.141. The molecule has 7 nitrogen and oxygen atoms in total. The number of rotatable bonds is 8. The first-order valence-corrected chi connectivity index (χ1v) is 12.9. The lowest BCUT2D eigenvalue weighted by Crippen LogP contribution is -2.19. The lowest BCUT2D eigenvalue weighted by Gasteiger charge is -2.12. The van der Waals surface area contributed by atoms with Crippen molar-refractivity contribution in [1.29, 1.82) is 0 Å². The Bertz CT molecular complexity index is 1580. The predicted octanol–water partition coefficient (Wildman–Crippen LogP) is 6.77. The number of benzene rings is 1. The van der Waals surface area contributed by atoms with E-state index in [1.54, 1.807) is 30.3 Å². The second kappa shape index (κ2) is 10.2. The van der Waals surface area contributed by atoms with Crippen LogP contribution >= 0.6 is 22.9 Å². The van der Waals surface area contributed by atoms with Gasteiger partial charge in [0.2, 0.25) is 5.91 Å². The monoisotopic (exact) mass is 583 g/mol. The molecule has 0 atom stereocenters. The van der Waals surface area contributed by atoms with Gasteiger partial charge >= 0.3 is 6.18 Å². The Morgan fingerprint density at radius 3 is 2.49 bits per heavy atom. The molecule has 0 aliphatic heterocycles. The van der Waals surface area contributed by atoms with Gasteiger partial charge in [-0.15, -0.1) is 11.3 Å². The number of alkyl halides is 5. The molecule has 4 aromatic rings. The summed E-state index contributed by atoms with van der Waals surface area (Å²) in [5, 5.41) is 5.99. The van der Waals surface area contributed by atoms with E-state index < -0.39 is 40.8 Å². The number of carbonyl (C=O) groups excluding carboxylic acids is 2. The number of nitrogens with one attached hydrogen (secondary N) is 1. The summed E-state index contributed by atoms with van der Waals surface area (Å²) in [6.07, 6.45) is -6.63. The normalized spacial score (nSPS) is 13.8. The van der Waals surface area contributed by atoms with Crippen molar-refractivity contribution in [3.8, 4) is 11.1 Å². The Labute approximate surface area is 226 Å². The van der Waals surface area contributed by atoms with Crippen molar-refractivity contribution < 1.29 is 31.5 Å². The minimum Gasteiger partial charge on any atom is -0.365 e. The predicted molar refractivity (Wildman–Crippen MR) is 136 cm³/mol. The van der Waals surface area contributed by atoms with Crippen LogP contribution in [0.15, 0.2) is 36.4 Å². The molecule has 3 aromatic heterocycles. The highest BCUT2D eigenvalue weighted by atomic mass is 35.5. The fourth-order valence-electron chi connectivity index (χ4n) is 4.33. The van der Waals surface area contributed by atoms with E-state index in [0.29, 0.717) is 24.0 Å². The van der Waals surface area contributed by atoms with Crippen LogP contribution in [0.1, 0.15) is 58.4 Å². The molecule has 2 amide bonds. The maximum atomic E-state index is 13.6. The smallest absolute Gasteiger partial charge is 0.365 e. The van der Waals surface area contributed by atoms with Crippen molar-refractivity contribution in [3.05, 3.63) is 63.4 Å². The SMILES string of the molecule is NC(=O)c1sc2nc(C(F)F)cc(-c3ccccc3)c2c1NC(=O)CCn1nc(C(F)(F)F)c(Cl)c1C1CC1. The number of primary amides is 1. The molecule has 0 unspecified atom stereocenters. The van der Waals surface area contributed by atoms with Gasteiger partial charge in [-0.05, 0) is 30.0 Å². The average molecular weight is 584 g/mol. The number of carbonyl (C=O) groups is 2. The van der Waals surface area contributed by atoms with Gasteiger partial charge in [0.05, 0.1) is 22.9 Å². The average Bonchev–Trinajstić information content (AvgIpc) is 3.56. The van der Waals surface area contributed by atoms with Crippen LogP contribution in [0, 0.1) is 0 Å². The van der Waals surface area contributed by atoms with Gasteiger partial charge < -0.3 is 11.1 Å². The topological polar surface area (TPSA) is 103 Å². The first-order valence-electron chi connectivity index (χ1n) is 11.7. The molecule has 3 N–H and O–H groups in total. The van der Waals surface area contributed by atoms with Gasteiger partial charge in [0.15, 0.2) is 5.69 Å². The highest BCUT2D eigenvalue weighted by molar-refractivity contribution is 7.21. The van der Waals surface area contributed by atoms with Gasteiger partial charge in [-0.2, -0.15) is 18.3 Å². The molecule has 0 bridgehead atoms. The Hall–Kier alpha value is -3.58. The van der Waals surface area contributed by atoms with Gasteiger partial charge in [-0.3, -0.25) is 14.3 Å². The highest BCUT2D eigenvalue weighted by Crippen LogP contribution is 2.47. The van der Waals surface area contributed by atoms with Crippen LogP contribution in [0.3, 0.4) is 0 Å². The van der Waals surface area contributed by atoms with Crippen molar-refractivity contribution >= 4 is 50.7 Å². The molecule has 1 aromatic carbocycles. The summed E-state index contributed by atoms with van der Waals surface area (Å²) in [7, 11) is 0. The van der Waals surface area contributed by atoms with E-state index >= 15 is 0 Å². The largest absolute Gasteiger partial charge is 0.436 e. The summed E-state index contributed by atoms with van der Waals surface area (Å²) in [6.45, 7) is -0.208. The zero-order chi connectivity index (χ0) is 28.1. The number of nitrogens with zero attached hydrogens (tertiary/aromatic N) is 3. The van der Waals surface area contributed by atoms with Crippen molar-refractivity contribution in [2.75, 3.05) is 5.32 Å². The van der Waals surface area contributed by atoms with Crippen LogP contribution in [0.25, 0.3) is 21.3 Å². The molecule has 1 aliphatic rings. The maximum Gasteiger partial charge on any atom is 0.436 e. The molecule has 1 saturated carbocycles. The van der Waals surface area contributed by atoms with Crippen molar-refractivity contribution in [2.24, 2.45) is 5.73 Å². The summed E-state index contributed by atoms with van der Waals surface area (Å²) in [4.78, 5) is 29.2. The standard InChI is InChI=1S/C25H19ClF5N5O2S/c26-17-19(12-6-7-12)36(35-21(17)25(29,30)31)9-8-15(37)34-18-16-13(11-4-2-1-3-5-11)10-14(22(27)28)33-24(16)39-20(18)23(32)38/h1-5,10,12,22H,6-9H2,(H2,32,38)(H,34,37). The van der Waals surface area contributed by atoms with E-state index in [0.717, 1.165) is 16.0 Å².